The molecule has 0 aromatic carbocycles. The number of aromatic nitrogens is 2. The Bertz CT molecular complexity index is 462. The van der Waals surface area contributed by atoms with Gasteiger partial charge in [-0.3, -0.25) is 4.79 Å². The number of amides is 1. The number of carbonyl (C=O) groups is 1. The monoisotopic (exact) mass is 235 g/mol. The number of nitrogens with zero attached hydrogens (tertiary/aromatic N) is 2. The van der Waals surface area contributed by atoms with Gasteiger partial charge < -0.3 is 9.84 Å². The molecule has 17 heavy (non-hydrogen) atoms. The first-order chi connectivity index (χ1) is 8.00. The van der Waals surface area contributed by atoms with Crippen LogP contribution in [0, 0.1) is 18.3 Å². The van der Waals surface area contributed by atoms with Gasteiger partial charge in [0, 0.05) is 6.04 Å². The lowest BCUT2D eigenvalue weighted by atomic mass is 10.1. The van der Waals surface area contributed by atoms with Gasteiger partial charge in [0.25, 0.3) is 0 Å². The fourth-order valence-corrected chi connectivity index (χ4v) is 2.55. The second-order valence-corrected chi connectivity index (χ2v) is 5.74. The molecule has 5 nitrogen and oxygen atoms in total. The van der Waals surface area contributed by atoms with E-state index in [4.69, 9.17) is 4.52 Å². The van der Waals surface area contributed by atoms with Gasteiger partial charge >= 0.3 is 0 Å². The number of carbonyl (C=O) groups excluding carboxylic acids is 1. The molecular formula is C12H17N3O2. The summed E-state index contributed by atoms with van der Waals surface area (Å²) in [6.45, 7) is 5.95. The highest BCUT2D eigenvalue weighted by atomic mass is 16.5. The van der Waals surface area contributed by atoms with Crippen molar-refractivity contribution in [3.8, 4) is 0 Å². The molecule has 2 fully saturated rings. The van der Waals surface area contributed by atoms with Crippen LogP contribution in [0.2, 0.25) is 0 Å². The van der Waals surface area contributed by atoms with Gasteiger partial charge in [0.2, 0.25) is 11.8 Å². The second-order valence-electron chi connectivity index (χ2n) is 5.74. The van der Waals surface area contributed by atoms with Gasteiger partial charge in [-0.15, -0.1) is 0 Å². The fraction of sp³-hybridized carbons (Fsp3) is 0.750. The molecule has 5 heteroatoms. The third-order valence-corrected chi connectivity index (χ3v) is 3.84. The molecule has 0 unspecified atom stereocenters. The molecule has 1 aromatic rings. The number of rotatable bonds is 3. The van der Waals surface area contributed by atoms with E-state index < -0.39 is 0 Å². The lowest BCUT2D eigenvalue weighted by Crippen LogP contribution is -2.28. The average Bonchev–Trinajstić information content (AvgIpc) is 3.08. The van der Waals surface area contributed by atoms with Crippen LogP contribution in [0.15, 0.2) is 4.52 Å². The van der Waals surface area contributed by atoms with Crippen LogP contribution >= 0.6 is 0 Å². The third-order valence-electron chi connectivity index (χ3n) is 3.84. The predicted octanol–water partition coefficient (Wildman–Crippen LogP) is 1.40. The highest BCUT2D eigenvalue weighted by Crippen LogP contribution is 2.64. The van der Waals surface area contributed by atoms with Crippen molar-refractivity contribution in [2.45, 2.75) is 45.6 Å². The number of hydrogen-bond acceptors (Lipinski definition) is 4. The molecule has 92 valence electrons. The molecular weight excluding hydrogens is 218 g/mol. The van der Waals surface area contributed by atoms with Gasteiger partial charge in [-0.05, 0) is 25.2 Å². The maximum atomic E-state index is 12.1. The molecule has 0 saturated heterocycles. The number of nitrogens with one attached hydrogen (secondary N) is 1. The maximum absolute atomic E-state index is 12.1. The van der Waals surface area contributed by atoms with Crippen LogP contribution in [0.3, 0.4) is 0 Å². The van der Waals surface area contributed by atoms with Crippen LogP contribution in [0.4, 0.5) is 0 Å². The number of hydrogen-bond donors (Lipinski definition) is 1. The Labute approximate surface area is 100.0 Å². The lowest BCUT2D eigenvalue weighted by Gasteiger charge is -2.03. The summed E-state index contributed by atoms with van der Waals surface area (Å²) < 4.78 is 5.18. The molecule has 1 aromatic heterocycles. The first-order valence-corrected chi connectivity index (χ1v) is 6.10. The Morgan fingerprint density at radius 3 is 2.71 bits per heavy atom. The quantitative estimate of drug-likeness (QED) is 0.859. The first kappa shape index (κ1) is 10.7. The number of aryl methyl sites for hydroxylation is 1. The van der Waals surface area contributed by atoms with Gasteiger partial charge in [-0.2, -0.15) is 4.98 Å². The van der Waals surface area contributed by atoms with Crippen LogP contribution < -0.4 is 5.32 Å². The van der Waals surface area contributed by atoms with E-state index in [1.807, 2.05) is 0 Å². The molecule has 0 spiro atoms. The zero-order chi connectivity index (χ0) is 12.2. The zero-order valence-corrected chi connectivity index (χ0v) is 10.4. The summed E-state index contributed by atoms with van der Waals surface area (Å²) in [5, 5.41) is 6.84. The molecule has 0 aliphatic heterocycles. The van der Waals surface area contributed by atoms with Crippen molar-refractivity contribution in [3.63, 3.8) is 0 Å². The zero-order valence-electron chi connectivity index (χ0n) is 10.4. The smallest absolute Gasteiger partial charge is 0.231 e. The molecule has 0 radical (unpaired) electrons. The molecule has 2 atom stereocenters. The Balaban J connectivity index is 1.75. The van der Waals surface area contributed by atoms with Crippen molar-refractivity contribution in [2.24, 2.45) is 11.3 Å². The molecule has 1 amide bonds. The van der Waals surface area contributed by atoms with Crippen molar-refractivity contribution < 1.29 is 9.32 Å². The van der Waals surface area contributed by atoms with Gasteiger partial charge in [0.15, 0.2) is 5.82 Å². The summed E-state index contributed by atoms with van der Waals surface area (Å²) in [7, 11) is 0. The van der Waals surface area contributed by atoms with Crippen molar-refractivity contribution in [2.75, 3.05) is 0 Å². The fourth-order valence-electron chi connectivity index (χ4n) is 2.55. The van der Waals surface area contributed by atoms with Crippen molar-refractivity contribution in [1.82, 2.24) is 15.5 Å². The van der Waals surface area contributed by atoms with E-state index in [0.717, 1.165) is 12.8 Å². The standard InChI is InChI=1S/C12H17N3O2/c1-6-13-11(17-15-6)9-8(12(9,2)3)10(16)14-7-4-5-7/h7-9H,4-5H2,1-3H3,(H,14,16)/t8-,9+/m1/s1. The molecule has 1 N–H and O–H groups in total. The van der Waals surface area contributed by atoms with Crippen LogP contribution in [-0.4, -0.2) is 22.1 Å². The normalized spacial score (nSPS) is 30.1. The summed E-state index contributed by atoms with van der Waals surface area (Å²) >= 11 is 0. The predicted molar refractivity (Wildman–Crippen MR) is 60.2 cm³/mol. The van der Waals surface area contributed by atoms with Crippen molar-refractivity contribution >= 4 is 5.91 Å². The summed E-state index contributed by atoms with van der Waals surface area (Å²) in [4.78, 5) is 16.3. The molecule has 1 heterocycles. The summed E-state index contributed by atoms with van der Waals surface area (Å²) in [5.74, 6) is 1.41. The summed E-state index contributed by atoms with van der Waals surface area (Å²) in [6, 6.07) is 0.406. The Morgan fingerprint density at radius 2 is 2.18 bits per heavy atom. The Morgan fingerprint density at radius 1 is 1.47 bits per heavy atom. The average molecular weight is 235 g/mol. The van der Waals surface area contributed by atoms with Crippen LogP contribution in [-0.2, 0) is 4.79 Å². The third kappa shape index (κ3) is 1.73. The van der Waals surface area contributed by atoms with E-state index in [0.29, 0.717) is 17.8 Å². The van der Waals surface area contributed by atoms with E-state index in [1.54, 1.807) is 6.92 Å². The first-order valence-electron chi connectivity index (χ1n) is 6.10. The lowest BCUT2D eigenvalue weighted by molar-refractivity contribution is -0.123. The topological polar surface area (TPSA) is 68.0 Å². The highest BCUT2D eigenvalue weighted by Gasteiger charge is 2.65. The summed E-state index contributed by atoms with van der Waals surface area (Å²) in [5.41, 5.74) is -0.0715. The maximum Gasteiger partial charge on any atom is 0.231 e. The van der Waals surface area contributed by atoms with Gasteiger partial charge in [-0.25, -0.2) is 0 Å². The van der Waals surface area contributed by atoms with E-state index in [1.165, 1.54) is 0 Å². The minimum Gasteiger partial charge on any atom is -0.353 e. The van der Waals surface area contributed by atoms with Crippen LogP contribution in [0.5, 0.6) is 0 Å². The summed E-state index contributed by atoms with van der Waals surface area (Å²) in [6.07, 6.45) is 2.23. The minimum atomic E-state index is -0.0715. The van der Waals surface area contributed by atoms with Crippen LogP contribution in [0.25, 0.3) is 0 Å². The SMILES string of the molecule is Cc1noc([C@@H]2[C@H](C(=O)NC3CC3)C2(C)C)n1. The van der Waals surface area contributed by atoms with E-state index >= 15 is 0 Å². The van der Waals surface area contributed by atoms with E-state index in [9.17, 15) is 4.79 Å². The molecule has 2 saturated carbocycles. The van der Waals surface area contributed by atoms with Gasteiger partial charge in [0.1, 0.15) is 0 Å². The minimum absolute atomic E-state index is 0.0250. The van der Waals surface area contributed by atoms with Crippen molar-refractivity contribution in [3.05, 3.63) is 11.7 Å². The van der Waals surface area contributed by atoms with E-state index in [-0.39, 0.29) is 23.2 Å². The van der Waals surface area contributed by atoms with Crippen molar-refractivity contribution in [1.29, 1.82) is 0 Å². The molecule has 2 aliphatic rings. The Hall–Kier alpha value is -1.39. The molecule has 3 rings (SSSR count). The van der Waals surface area contributed by atoms with Gasteiger partial charge in [-0.1, -0.05) is 19.0 Å². The molecule has 0 bridgehead atoms. The second kappa shape index (κ2) is 3.31. The molecule has 2 aliphatic carbocycles. The van der Waals surface area contributed by atoms with Gasteiger partial charge in [0.05, 0.1) is 11.8 Å². The largest absolute Gasteiger partial charge is 0.353 e. The highest BCUT2D eigenvalue weighted by molar-refractivity contribution is 5.84. The Kier molecular flexibility index (Phi) is 2.09. The van der Waals surface area contributed by atoms with Crippen LogP contribution in [0.1, 0.15) is 44.3 Å². The van der Waals surface area contributed by atoms with E-state index in [2.05, 4.69) is 29.3 Å².